The number of carbonyl (C=O) groups excluding carboxylic acids is 1. The standard InChI is InChI=1S/C11H14ClFN2O/c1-7(14)11(16)15-5-4-8-6-9(12)2-3-10(8)13/h2-3,6-7H,4-5,14H2,1H3,(H,15,16). The van der Waals surface area contributed by atoms with E-state index >= 15 is 0 Å². The molecule has 1 unspecified atom stereocenters. The van der Waals surface area contributed by atoms with Crippen LogP contribution in [0.1, 0.15) is 12.5 Å². The fourth-order valence-electron chi connectivity index (χ4n) is 1.22. The van der Waals surface area contributed by atoms with Gasteiger partial charge < -0.3 is 11.1 Å². The van der Waals surface area contributed by atoms with Crippen LogP contribution in [0, 0.1) is 5.82 Å². The van der Waals surface area contributed by atoms with Crippen LogP contribution in [0.15, 0.2) is 18.2 Å². The first-order valence-electron chi connectivity index (χ1n) is 4.98. The second kappa shape index (κ2) is 5.82. The van der Waals surface area contributed by atoms with Crippen molar-refractivity contribution in [2.45, 2.75) is 19.4 Å². The van der Waals surface area contributed by atoms with E-state index in [2.05, 4.69) is 5.32 Å². The minimum atomic E-state index is -0.552. The van der Waals surface area contributed by atoms with E-state index in [-0.39, 0.29) is 11.7 Å². The Hall–Kier alpha value is -1.13. The van der Waals surface area contributed by atoms with E-state index in [0.29, 0.717) is 23.6 Å². The Morgan fingerprint density at radius 2 is 2.31 bits per heavy atom. The maximum absolute atomic E-state index is 13.3. The van der Waals surface area contributed by atoms with E-state index in [4.69, 9.17) is 17.3 Å². The van der Waals surface area contributed by atoms with Gasteiger partial charge in [-0.1, -0.05) is 11.6 Å². The van der Waals surface area contributed by atoms with Crippen molar-refractivity contribution in [3.05, 3.63) is 34.6 Å². The molecule has 1 atom stereocenters. The first kappa shape index (κ1) is 12.9. The van der Waals surface area contributed by atoms with Crippen LogP contribution in [0.3, 0.4) is 0 Å². The number of carbonyl (C=O) groups is 1. The van der Waals surface area contributed by atoms with Crippen LogP contribution in [-0.2, 0) is 11.2 Å². The molecule has 1 rings (SSSR count). The quantitative estimate of drug-likeness (QED) is 0.843. The molecule has 3 N–H and O–H groups in total. The predicted molar refractivity (Wildman–Crippen MR) is 61.8 cm³/mol. The highest BCUT2D eigenvalue weighted by Gasteiger charge is 2.07. The van der Waals surface area contributed by atoms with Gasteiger partial charge in [0.2, 0.25) is 5.91 Å². The molecule has 0 aliphatic rings. The minimum Gasteiger partial charge on any atom is -0.354 e. The van der Waals surface area contributed by atoms with E-state index < -0.39 is 6.04 Å². The van der Waals surface area contributed by atoms with Crippen LogP contribution >= 0.6 is 11.6 Å². The van der Waals surface area contributed by atoms with Crippen molar-refractivity contribution >= 4 is 17.5 Å². The summed E-state index contributed by atoms with van der Waals surface area (Å²) in [4.78, 5) is 11.1. The topological polar surface area (TPSA) is 55.1 Å². The third-order valence-corrected chi connectivity index (χ3v) is 2.35. The number of nitrogens with one attached hydrogen (secondary N) is 1. The van der Waals surface area contributed by atoms with E-state index in [1.54, 1.807) is 13.0 Å². The molecule has 16 heavy (non-hydrogen) atoms. The lowest BCUT2D eigenvalue weighted by Gasteiger charge is -2.08. The summed E-state index contributed by atoms with van der Waals surface area (Å²) in [6.45, 7) is 1.94. The Labute approximate surface area is 98.8 Å². The molecule has 3 nitrogen and oxygen atoms in total. The van der Waals surface area contributed by atoms with E-state index in [0.717, 1.165) is 0 Å². The average molecular weight is 245 g/mol. The van der Waals surface area contributed by atoms with E-state index in [9.17, 15) is 9.18 Å². The maximum atomic E-state index is 13.3. The van der Waals surface area contributed by atoms with Crippen LogP contribution in [-0.4, -0.2) is 18.5 Å². The molecule has 1 aromatic carbocycles. The molecule has 1 aromatic rings. The normalized spacial score (nSPS) is 12.2. The van der Waals surface area contributed by atoms with Gasteiger partial charge in [0.25, 0.3) is 0 Å². The van der Waals surface area contributed by atoms with Crippen molar-refractivity contribution in [3.63, 3.8) is 0 Å². The number of amides is 1. The fourth-order valence-corrected chi connectivity index (χ4v) is 1.41. The molecule has 88 valence electrons. The largest absolute Gasteiger partial charge is 0.354 e. The summed E-state index contributed by atoms with van der Waals surface area (Å²) in [5.41, 5.74) is 5.85. The molecule has 5 heteroatoms. The molecule has 0 heterocycles. The third kappa shape index (κ3) is 3.79. The van der Waals surface area contributed by atoms with Crippen molar-refractivity contribution in [1.29, 1.82) is 0 Å². The number of rotatable bonds is 4. The lowest BCUT2D eigenvalue weighted by molar-refractivity contribution is -0.121. The summed E-state index contributed by atoms with van der Waals surface area (Å²) in [5, 5.41) is 3.08. The zero-order chi connectivity index (χ0) is 12.1. The smallest absolute Gasteiger partial charge is 0.236 e. The Morgan fingerprint density at radius 3 is 2.94 bits per heavy atom. The molecule has 0 spiro atoms. The summed E-state index contributed by atoms with van der Waals surface area (Å²) in [7, 11) is 0. The van der Waals surface area contributed by atoms with Crippen molar-refractivity contribution in [1.82, 2.24) is 5.32 Å². The molecule has 0 saturated heterocycles. The van der Waals surface area contributed by atoms with Crippen LogP contribution in [0.4, 0.5) is 4.39 Å². The van der Waals surface area contributed by atoms with Crippen molar-refractivity contribution < 1.29 is 9.18 Å². The summed E-state index contributed by atoms with van der Waals surface area (Å²) in [6, 6.07) is 3.80. The molecule has 0 bridgehead atoms. The molecule has 0 aromatic heterocycles. The molecule has 0 aliphatic carbocycles. The number of hydrogen-bond acceptors (Lipinski definition) is 2. The highest BCUT2D eigenvalue weighted by atomic mass is 35.5. The fraction of sp³-hybridized carbons (Fsp3) is 0.364. The number of halogens is 2. The SMILES string of the molecule is CC(N)C(=O)NCCc1cc(Cl)ccc1F. The summed E-state index contributed by atoms with van der Waals surface area (Å²) >= 11 is 5.73. The molecular weight excluding hydrogens is 231 g/mol. The van der Waals surface area contributed by atoms with Gasteiger partial charge in [-0.25, -0.2) is 4.39 Å². The van der Waals surface area contributed by atoms with Crippen molar-refractivity contribution in [3.8, 4) is 0 Å². The van der Waals surface area contributed by atoms with Gasteiger partial charge in [-0.2, -0.15) is 0 Å². The highest BCUT2D eigenvalue weighted by Crippen LogP contribution is 2.14. The Morgan fingerprint density at radius 1 is 1.62 bits per heavy atom. The summed E-state index contributed by atoms with van der Waals surface area (Å²) < 4.78 is 13.3. The van der Waals surface area contributed by atoms with Gasteiger partial charge in [-0.15, -0.1) is 0 Å². The van der Waals surface area contributed by atoms with Crippen LogP contribution in [0.5, 0.6) is 0 Å². The van der Waals surface area contributed by atoms with Gasteiger partial charge in [-0.05, 0) is 37.1 Å². The van der Waals surface area contributed by atoms with Crippen LogP contribution < -0.4 is 11.1 Å². The predicted octanol–water partition coefficient (Wildman–Crippen LogP) is 1.49. The number of hydrogen-bond donors (Lipinski definition) is 2. The molecule has 0 radical (unpaired) electrons. The van der Waals surface area contributed by atoms with Gasteiger partial charge >= 0.3 is 0 Å². The first-order valence-corrected chi connectivity index (χ1v) is 5.35. The molecule has 0 saturated carbocycles. The minimum absolute atomic E-state index is 0.248. The zero-order valence-corrected chi connectivity index (χ0v) is 9.72. The molecule has 0 aliphatic heterocycles. The van der Waals surface area contributed by atoms with Crippen LogP contribution in [0.2, 0.25) is 5.02 Å². The van der Waals surface area contributed by atoms with Gasteiger partial charge in [-0.3, -0.25) is 4.79 Å². The Balaban J connectivity index is 2.49. The molecule has 0 fully saturated rings. The Bertz CT molecular complexity index is 382. The van der Waals surface area contributed by atoms with Gasteiger partial charge in [0.1, 0.15) is 5.82 Å². The lowest BCUT2D eigenvalue weighted by atomic mass is 10.1. The van der Waals surface area contributed by atoms with Crippen molar-refractivity contribution in [2.75, 3.05) is 6.54 Å². The Kier molecular flexibility index (Phi) is 4.71. The molecular formula is C11H14ClFN2O. The van der Waals surface area contributed by atoms with Crippen molar-refractivity contribution in [2.24, 2.45) is 5.73 Å². The van der Waals surface area contributed by atoms with Gasteiger partial charge in [0.15, 0.2) is 0 Å². The van der Waals surface area contributed by atoms with Crippen LogP contribution in [0.25, 0.3) is 0 Å². The van der Waals surface area contributed by atoms with Gasteiger partial charge in [0, 0.05) is 11.6 Å². The lowest BCUT2D eigenvalue weighted by Crippen LogP contribution is -2.39. The zero-order valence-electron chi connectivity index (χ0n) is 8.97. The van der Waals surface area contributed by atoms with Gasteiger partial charge in [0.05, 0.1) is 6.04 Å². The first-order chi connectivity index (χ1) is 7.50. The number of benzene rings is 1. The highest BCUT2D eigenvalue weighted by molar-refractivity contribution is 6.30. The second-order valence-electron chi connectivity index (χ2n) is 3.57. The second-order valence-corrected chi connectivity index (χ2v) is 4.00. The average Bonchev–Trinajstić information content (AvgIpc) is 2.22. The summed E-state index contributed by atoms with van der Waals surface area (Å²) in [5.74, 6) is -0.568. The molecule has 1 amide bonds. The summed E-state index contributed by atoms with van der Waals surface area (Å²) in [6.07, 6.45) is 0.394. The van der Waals surface area contributed by atoms with E-state index in [1.165, 1.54) is 12.1 Å². The number of nitrogens with two attached hydrogens (primary N) is 1. The maximum Gasteiger partial charge on any atom is 0.236 e. The third-order valence-electron chi connectivity index (χ3n) is 2.11. The van der Waals surface area contributed by atoms with E-state index in [1.807, 2.05) is 0 Å². The monoisotopic (exact) mass is 244 g/mol.